The fourth-order valence-electron chi connectivity index (χ4n) is 3.28. The van der Waals surface area contributed by atoms with Gasteiger partial charge >= 0.3 is 0 Å². The summed E-state index contributed by atoms with van der Waals surface area (Å²) in [6, 6.07) is 5.41. The van der Waals surface area contributed by atoms with Gasteiger partial charge in [0.25, 0.3) is 0 Å². The summed E-state index contributed by atoms with van der Waals surface area (Å²) in [7, 11) is 0. The van der Waals surface area contributed by atoms with Crippen LogP contribution in [-0.4, -0.2) is 26.9 Å². The molecule has 0 aromatic carbocycles. The van der Waals surface area contributed by atoms with E-state index in [2.05, 4.69) is 47.1 Å². The van der Waals surface area contributed by atoms with E-state index in [0.717, 1.165) is 33.5 Å². The molecule has 0 saturated heterocycles. The number of nitrogens with zero attached hydrogens (tertiary/aromatic N) is 2. The molecule has 0 bridgehead atoms. The van der Waals surface area contributed by atoms with Gasteiger partial charge in [-0.1, -0.05) is 20.8 Å². The van der Waals surface area contributed by atoms with Gasteiger partial charge in [-0.05, 0) is 49.4 Å². The highest BCUT2D eigenvalue weighted by atomic mass is 16.2. The van der Waals surface area contributed by atoms with Crippen LogP contribution in [0.15, 0.2) is 30.6 Å². The van der Waals surface area contributed by atoms with Crippen LogP contribution in [0.4, 0.5) is 5.69 Å². The van der Waals surface area contributed by atoms with E-state index in [1.54, 1.807) is 12.4 Å². The van der Waals surface area contributed by atoms with Gasteiger partial charge in [-0.3, -0.25) is 9.78 Å². The van der Waals surface area contributed by atoms with Crippen LogP contribution in [0.1, 0.15) is 38.4 Å². The number of carbonyl (C=O) groups is 1. The lowest BCUT2D eigenvalue weighted by Gasteiger charge is -2.22. The van der Waals surface area contributed by atoms with Gasteiger partial charge in [0.1, 0.15) is 5.65 Å². The van der Waals surface area contributed by atoms with Crippen LogP contribution in [0.2, 0.25) is 0 Å². The maximum absolute atomic E-state index is 12.4. The third kappa shape index (κ3) is 4.34. The Bertz CT molecular complexity index is 984. The molecule has 6 nitrogen and oxygen atoms in total. The Morgan fingerprint density at radius 3 is 2.67 bits per heavy atom. The Morgan fingerprint density at radius 2 is 2.00 bits per heavy atom. The predicted molar refractivity (Wildman–Crippen MR) is 109 cm³/mol. The number of carbonyl (C=O) groups excluding carboxylic acids is 1. The molecule has 0 unspecified atom stereocenters. The van der Waals surface area contributed by atoms with Crippen molar-refractivity contribution >= 4 is 22.6 Å². The molecule has 3 heterocycles. The lowest BCUT2D eigenvalue weighted by atomic mass is 9.88. The number of H-pyrrole nitrogens is 1. The van der Waals surface area contributed by atoms with Crippen molar-refractivity contribution in [3.05, 3.63) is 41.9 Å². The van der Waals surface area contributed by atoms with Gasteiger partial charge in [0, 0.05) is 22.8 Å². The number of anilines is 1. The van der Waals surface area contributed by atoms with Gasteiger partial charge < -0.3 is 16.0 Å². The molecule has 4 N–H and O–H groups in total. The molecule has 3 aromatic rings. The Morgan fingerprint density at radius 1 is 1.26 bits per heavy atom. The summed E-state index contributed by atoms with van der Waals surface area (Å²) in [6.07, 6.45) is 4.07. The zero-order valence-electron chi connectivity index (χ0n) is 16.6. The Balaban J connectivity index is 1.85. The average Bonchev–Trinajstić information content (AvgIpc) is 2.93. The Hall–Kier alpha value is -2.73. The summed E-state index contributed by atoms with van der Waals surface area (Å²) in [5.41, 5.74) is 11.4. The summed E-state index contributed by atoms with van der Waals surface area (Å²) in [5.74, 6) is -0.188. The van der Waals surface area contributed by atoms with Crippen molar-refractivity contribution in [2.75, 3.05) is 5.32 Å². The van der Waals surface area contributed by atoms with Crippen molar-refractivity contribution < 1.29 is 4.79 Å². The molecule has 3 aromatic heterocycles. The zero-order valence-corrected chi connectivity index (χ0v) is 16.6. The fraction of sp³-hybridized carbons (Fsp3) is 0.381. The first-order valence-corrected chi connectivity index (χ1v) is 9.12. The molecule has 3 rings (SSSR count). The van der Waals surface area contributed by atoms with Crippen LogP contribution < -0.4 is 11.1 Å². The van der Waals surface area contributed by atoms with E-state index < -0.39 is 6.04 Å². The second kappa shape index (κ2) is 7.12. The number of hydrogen-bond donors (Lipinski definition) is 3. The van der Waals surface area contributed by atoms with Crippen molar-refractivity contribution in [2.24, 2.45) is 11.1 Å². The van der Waals surface area contributed by atoms with E-state index in [0.29, 0.717) is 12.1 Å². The highest BCUT2D eigenvalue weighted by Gasteiger charge is 2.21. The first kappa shape index (κ1) is 19.0. The summed E-state index contributed by atoms with van der Waals surface area (Å²) < 4.78 is 0. The second-order valence-electron chi connectivity index (χ2n) is 8.32. The Labute approximate surface area is 159 Å². The quantitative estimate of drug-likeness (QED) is 0.652. The van der Waals surface area contributed by atoms with Crippen LogP contribution in [0.3, 0.4) is 0 Å². The van der Waals surface area contributed by atoms with Crippen molar-refractivity contribution in [3.8, 4) is 11.3 Å². The van der Waals surface area contributed by atoms with Gasteiger partial charge in [-0.15, -0.1) is 0 Å². The van der Waals surface area contributed by atoms with Crippen LogP contribution in [0, 0.1) is 19.3 Å². The van der Waals surface area contributed by atoms with Crippen molar-refractivity contribution in [1.82, 2.24) is 15.0 Å². The molecule has 6 heteroatoms. The third-order valence-electron chi connectivity index (χ3n) is 4.44. The first-order chi connectivity index (χ1) is 12.6. The molecule has 1 amide bonds. The molecule has 0 saturated carbocycles. The number of nitrogens with one attached hydrogen (secondary N) is 2. The van der Waals surface area contributed by atoms with E-state index >= 15 is 0 Å². The number of fused-ring (bicyclic) bond motifs is 1. The average molecular weight is 365 g/mol. The van der Waals surface area contributed by atoms with Gasteiger partial charge in [-0.25, -0.2) is 4.98 Å². The van der Waals surface area contributed by atoms with Gasteiger partial charge in [-0.2, -0.15) is 0 Å². The highest BCUT2D eigenvalue weighted by Crippen LogP contribution is 2.30. The lowest BCUT2D eigenvalue weighted by molar-refractivity contribution is -0.118. The van der Waals surface area contributed by atoms with Crippen molar-refractivity contribution in [3.63, 3.8) is 0 Å². The van der Waals surface area contributed by atoms with Crippen LogP contribution in [-0.2, 0) is 4.79 Å². The maximum Gasteiger partial charge on any atom is 0.241 e. The number of aromatic nitrogens is 3. The molecule has 1 atom stereocenters. The Kier molecular flexibility index (Phi) is 5.02. The van der Waals surface area contributed by atoms with E-state index in [1.807, 2.05) is 26.0 Å². The molecular weight excluding hydrogens is 338 g/mol. The number of hydrogen-bond acceptors (Lipinski definition) is 4. The summed E-state index contributed by atoms with van der Waals surface area (Å²) in [4.78, 5) is 24.6. The minimum Gasteiger partial charge on any atom is -0.344 e. The smallest absolute Gasteiger partial charge is 0.241 e. The zero-order chi connectivity index (χ0) is 19.8. The fourth-order valence-corrected chi connectivity index (χ4v) is 3.28. The maximum atomic E-state index is 12.4. The highest BCUT2D eigenvalue weighted by molar-refractivity contribution is 5.96. The van der Waals surface area contributed by atoms with Crippen molar-refractivity contribution in [1.29, 1.82) is 0 Å². The lowest BCUT2D eigenvalue weighted by Crippen LogP contribution is -2.38. The molecule has 0 radical (unpaired) electrons. The summed E-state index contributed by atoms with van der Waals surface area (Å²) in [6.45, 7) is 10.2. The largest absolute Gasteiger partial charge is 0.344 e. The summed E-state index contributed by atoms with van der Waals surface area (Å²) >= 11 is 0. The van der Waals surface area contributed by atoms with Gasteiger partial charge in [0.2, 0.25) is 5.91 Å². The molecule has 0 spiro atoms. The molecular formula is C21H27N5O. The van der Waals surface area contributed by atoms with E-state index in [4.69, 9.17) is 5.73 Å². The second-order valence-corrected chi connectivity index (χ2v) is 8.32. The standard InChI is InChI=1S/C21H27N5O/c1-12-8-14(26-20(27)17(22)10-21(3,4)5)11-24-18(12)15-6-7-23-19-16(15)9-13(2)25-19/h6-9,11,17H,10,22H2,1-5H3,(H,23,25)(H,26,27)/t17-/m1/s1. The summed E-state index contributed by atoms with van der Waals surface area (Å²) in [5, 5.41) is 3.92. The number of amides is 1. The number of pyridine rings is 2. The third-order valence-corrected chi connectivity index (χ3v) is 4.44. The predicted octanol–water partition coefficient (Wildman–Crippen LogP) is 3.94. The molecule has 142 valence electrons. The van der Waals surface area contributed by atoms with Crippen LogP contribution in [0.5, 0.6) is 0 Å². The molecule has 0 aliphatic carbocycles. The van der Waals surface area contributed by atoms with Gasteiger partial charge in [0.15, 0.2) is 0 Å². The number of rotatable bonds is 4. The topological polar surface area (TPSA) is 96.7 Å². The molecule has 0 fully saturated rings. The minimum atomic E-state index is -0.548. The first-order valence-electron chi connectivity index (χ1n) is 9.12. The van der Waals surface area contributed by atoms with E-state index in [9.17, 15) is 4.79 Å². The number of nitrogens with two attached hydrogens (primary N) is 1. The van der Waals surface area contributed by atoms with E-state index in [-0.39, 0.29) is 11.3 Å². The normalized spacial score (nSPS) is 13.0. The SMILES string of the molecule is Cc1cc2c(-c3ncc(NC(=O)[C@H](N)CC(C)(C)C)cc3C)ccnc2[nH]1. The van der Waals surface area contributed by atoms with Crippen LogP contribution in [0.25, 0.3) is 22.3 Å². The molecule has 27 heavy (non-hydrogen) atoms. The molecule has 0 aliphatic rings. The molecule has 0 aliphatic heterocycles. The van der Waals surface area contributed by atoms with E-state index in [1.165, 1.54) is 0 Å². The number of aryl methyl sites for hydroxylation is 2. The number of aromatic amines is 1. The van der Waals surface area contributed by atoms with Gasteiger partial charge in [0.05, 0.1) is 23.6 Å². The minimum absolute atomic E-state index is 0.00378. The van der Waals surface area contributed by atoms with Crippen LogP contribution >= 0.6 is 0 Å². The van der Waals surface area contributed by atoms with Crippen molar-refractivity contribution in [2.45, 2.75) is 47.1 Å². The monoisotopic (exact) mass is 365 g/mol.